The van der Waals surface area contributed by atoms with Crippen molar-refractivity contribution in [2.24, 2.45) is 0 Å². The van der Waals surface area contributed by atoms with Gasteiger partial charge in [0.15, 0.2) is 0 Å². The number of hydrogen-bond acceptors (Lipinski definition) is 4. The molecule has 1 heterocycles. The Morgan fingerprint density at radius 2 is 1.90 bits per heavy atom. The van der Waals surface area contributed by atoms with E-state index in [1.807, 2.05) is 20.8 Å². The molecular weight excluding hydrogens is 252 g/mol. The van der Waals surface area contributed by atoms with E-state index in [-0.39, 0.29) is 17.5 Å². The maximum atomic E-state index is 11.9. The van der Waals surface area contributed by atoms with Gasteiger partial charge in [-0.05, 0) is 27.2 Å². The normalized spacial score (nSPS) is 19.4. The van der Waals surface area contributed by atoms with Gasteiger partial charge in [0.05, 0.1) is 18.7 Å². The standard InChI is InChI=1S/C15H28N4O/c1-5-6-13(11-16)19-9-7-18(8-10-19)12-14(20)17-15(2,3)4/h13H,5-10,12H2,1-4H3,(H,17,20). The predicted octanol–water partition coefficient (Wildman–Crippen LogP) is 1.21. The van der Waals surface area contributed by atoms with Crippen LogP contribution in [0, 0.1) is 11.3 Å². The first kappa shape index (κ1) is 16.9. The molecule has 20 heavy (non-hydrogen) atoms. The van der Waals surface area contributed by atoms with Crippen molar-refractivity contribution in [3.05, 3.63) is 0 Å². The molecular formula is C15H28N4O. The molecule has 1 atom stereocenters. The molecule has 0 aliphatic carbocycles. The van der Waals surface area contributed by atoms with Gasteiger partial charge in [0.25, 0.3) is 0 Å². The number of nitrogens with one attached hydrogen (secondary N) is 1. The van der Waals surface area contributed by atoms with E-state index < -0.39 is 0 Å². The summed E-state index contributed by atoms with van der Waals surface area (Å²) in [6.45, 7) is 12.0. The second kappa shape index (κ2) is 7.61. The highest BCUT2D eigenvalue weighted by Gasteiger charge is 2.24. The molecule has 1 unspecified atom stereocenters. The fraction of sp³-hybridized carbons (Fsp3) is 0.867. The Kier molecular flexibility index (Phi) is 6.44. The fourth-order valence-corrected chi connectivity index (χ4v) is 2.50. The summed E-state index contributed by atoms with van der Waals surface area (Å²) in [7, 11) is 0. The summed E-state index contributed by atoms with van der Waals surface area (Å²) >= 11 is 0. The minimum absolute atomic E-state index is 0.0329. The molecule has 1 aliphatic heterocycles. The van der Waals surface area contributed by atoms with Crippen molar-refractivity contribution in [2.45, 2.75) is 52.1 Å². The van der Waals surface area contributed by atoms with Gasteiger partial charge in [-0.3, -0.25) is 14.6 Å². The van der Waals surface area contributed by atoms with Crippen molar-refractivity contribution >= 4 is 5.91 Å². The predicted molar refractivity (Wildman–Crippen MR) is 80.2 cm³/mol. The highest BCUT2D eigenvalue weighted by molar-refractivity contribution is 5.78. The van der Waals surface area contributed by atoms with Crippen LogP contribution in [0.2, 0.25) is 0 Å². The molecule has 1 fully saturated rings. The molecule has 0 aromatic heterocycles. The number of amides is 1. The molecule has 5 heteroatoms. The van der Waals surface area contributed by atoms with Crippen LogP contribution in [0.3, 0.4) is 0 Å². The zero-order valence-corrected chi connectivity index (χ0v) is 13.3. The van der Waals surface area contributed by atoms with Crippen LogP contribution in [0.1, 0.15) is 40.5 Å². The minimum atomic E-state index is -0.175. The topological polar surface area (TPSA) is 59.4 Å². The average Bonchev–Trinajstić information content (AvgIpc) is 2.34. The Hall–Kier alpha value is -1.12. The van der Waals surface area contributed by atoms with Gasteiger partial charge < -0.3 is 5.32 Å². The Bertz CT molecular complexity index is 348. The molecule has 0 bridgehead atoms. The molecule has 0 saturated carbocycles. The van der Waals surface area contributed by atoms with Crippen molar-refractivity contribution in [2.75, 3.05) is 32.7 Å². The molecule has 1 saturated heterocycles. The van der Waals surface area contributed by atoms with Crippen LogP contribution in [0.4, 0.5) is 0 Å². The quantitative estimate of drug-likeness (QED) is 0.822. The minimum Gasteiger partial charge on any atom is -0.350 e. The lowest BCUT2D eigenvalue weighted by atomic mass is 10.1. The Morgan fingerprint density at radius 3 is 2.35 bits per heavy atom. The van der Waals surface area contributed by atoms with Gasteiger partial charge in [0, 0.05) is 31.7 Å². The Labute approximate surface area is 122 Å². The Morgan fingerprint density at radius 1 is 1.30 bits per heavy atom. The second-order valence-electron chi connectivity index (χ2n) is 6.54. The summed E-state index contributed by atoms with van der Waals surface area (Å²) in [5.74, 6) is 0.0799. The highest BCUT2D eigenvalue weighted by atomic mass is 16.2. The molecule has 0 aromatic rings. The SMILES string of the molecule is CCCC(C#N)N1CCN(CC(=O)NC(C)(C)C)CC1. The van der Waals surface area contributed by atoms with Gasteiger partial charge in [-0.2, -0.15) is 5.26 Å². The number of hydrogen-bond donors (Lipinski definition) is 1. The van der Waals surface area contributed by atoms with Gasteiger partial charge in [-0.25, -0.2) is 0 Å². The smallest absolute Gasteiger partial charge is 0.234 e. The van der Waals surface area contributed by atoms with Crippen LogP contribution in [-0.4, -0.2) is 60.0 Å². The van der Waals surface area contributed by atoms with Crippen LogP contribution >= 0.6 is 0 Å². The fourth-order valence-electron chi connectivity index (χ4n) is 2.50. The van der Waals surface area contributed by atoms with Crippen LogP contribution in [0.5, 0.6) is 0 Å². The van der Waals surface area contributed by atoms with E-state index in [1.165, 1.54) is 0 Å². The van der Waals surface area contributed by atoms with Crippen LogP contribution in [0.25, 0.3) is 0 Å². The van der Waals surface area contributed by atoms with Crippen molar-refractivity contribution in [3.63, 3.8) is 0 Å². The average molecular weight is 280 g/mol. The number of nitriles is 1. The monoisotopic (exact) mass is 280 g/mol. The first-order valence-corrected chi connectivity index (χ1v) is 7.52. The first-order valence-electron chi connectivity index (χ1n) is 7.52. The summed E-state index contributed by atoms with van der Waals surface area (Å²) in [6.07, 6.45) is 1.97. The maximum absolute atomic E-state index is 11.9. The third-order valence-electron chi connectivity index (χ3n) is 3.44. The van der Waals surface area contributed by atoms with Gasteiger partial charge in [0.2, 0.25) is 5.91 Å². The second-order valence-corrected chi connectivity index (χ2v) is 6.54. The van der Waals surface area contributed by atoms with Crippen molar-refractivity contribution in [3.8, 4) is 6.07 Å². The van der Waals surface area contributed by atoms with Gasteiger partial charge >= 0.3 is 0 Å². The summed E-state index contributed by atoms with van der Waals surface area (Å²) in [4.78, 5) is 16.3. The molecule has 1 aliphatic rings. The largest absolute Gasteiger partial charge is 0.350 e. The van der Waals surface area contributed by atoms with Crippen molar-refractivity contribution in [1.82, 2.24) is 15.1 Å². The van der Waals surface area contributed by atoms with Crippen molar-refractivity contribution < 1.29 is 4.79 Å². The molecule has 1 rings (SSSR count). The molecule has 0 spiro atoms. The van der Waals surface area contributed by atoms with E-state index in [1.54, 1.807) is 0 Å². The van der Waals surface area contributed by atoms with E-state index >= 15 is 0 Å². The molecule has 0 radical (unpaired) electrons. The van der Waals surface area contributed by atoms with Gasteiger partial charge in [0.1, 0.15) is 0 Å². The lowest BCUT2D eigenvalue weighted by molar-refractivity contribution is -0.124. The number of carbonyl (C=O) groups excluding carboxylic acids is 1. The van der Waals surface area contributed by atoms with E-state index in [4.69, 9.17) is 0 Å². The number of nitrogens with zero attached hydrogens (tertiary/aromatic N) is 3. The summed E-state index contributed by atoms with van der Waals surface area (Å²) in [6, 6.07) is 2.42. The third-order valence-corrected chi connectivity index (χ3v) is 3.44. The first-order chi connectivity index (χ1) is 9.35. The molecule has 1 N–H and O–H groups in total. The van der Waals surface area contributed by atoms with Crippen molar-refractivity contribution in [1.29, 1.82) is 5.26 Å². The zero-order valence-electron chi connectivity index (χ0n) is 13.3. The summed E-state index contributed by atoms with van der Waals surface area (Å²) in [5, 5.41) is 12.2. The zero-order chi connectivity index (χ0) is 15.2. The maximum Gasteiger partial charge on any atom is 0.234 e. The molecule has 5 nitrogen and oxygen atoms in total. The van der Waals surface area contributed by atoms with E-state index in [0.717, 1.165) is 39.0 Å². The lowest BCUT2D eigenvalue weighted by Crippen LogP contribution is -2.53. The van der Waals surface area contributed by atoms with Crippen LogP contribution < -0.4 is 5.32 Å². The lowest BCUT2D eigenvalue weighted by Gasteiger charge is -2.36. The Balaban J connectivity index is 2.35. The van der Waals surface area contributed by atoms with Gasteiger partial charge in [-0.1, -0.05) is 13.3 Å². The molecule has 1 amide bonds. The highest BCUT2D eigenvalue weighted by Crippen LogP contribution is 2.10. The molecule has 0 aromatic carbocycles. The van der Waals surface area contributed by atoms with E-state index in [9.17, 15) is 10.1 Å². The molecule has 114 valence electrons. The summed E-state index contributed by atoms with van der Waals surface area (Å²) < 4.78 is 0. The van der Waals surface area contributed by atoms with Gasteiger partial charge in [-0.15, -0.1) is 0 Å². The van der Waals surface area contributed by atoms with E-state index in [2.05, 4.69) is 28.1 Å². The summed E-state index contributed by atoms with van der Waals surface area (Å²) in [5.41, 5.74) is -0.175. The number of piperazine rings is 1. The van der Waals surface area contributed by atoms with Crippen LogP contribution in [0.15, 0.2) is 0 Å². The number of carbonyl (C=O) groups is 1. The third kappa shape index (κ3) is 5.89. The number of rotatable bonds is 5. The van der Waals surface area contributed by atoms with Crippen LogP contribution in [-0.2, 0) is 4.79 Å². The van der Waals surface area contributed by atoms with E-state index in [0.29, 0.717) is 6.54 Å².